The van der Waals surface area contributed by atoms with Crippen molar-refractivity contribution in [1.29, 1.82) is 0 Å². The van der Waals surface area contributed by atoms with E-state index in [0.29, 0.717) is 32.5 Å². The number of halogens is 2. The van der Waals surface area contributed by atoms with Crippen LogP contribution in [0.25, 0.3) is 16.0 Å². The maximum Gasteiger partial charge on any atom is 0.301 e. The zero-order valence-electron chi connectivity index (χ0n) is 17.7. The molecule has 1 aliphatic rings. The van der Waals surface area contributed by atoms with Crippen LogP contribution >= 0.6 is 38.9 Å². The minimum Gasteiger partial charge on any atom is -0.507 e. The van der Waals surface area contributed by atoms with Gasteiger partial charge in [0.25, 0.3) is 5.78 Å². The molecule has 1 saturated heterocycles. The van der Waals surface area contributed by atoms with E-state index in [0.717, 1.165) is 9.17 Å². The second-order valence-corrected chi connectivity index (χ2v) is 9.92. The van der Waals surface area contributed by atoms with E-state index in [2.05, 4.69) is 20.9 Å². The fourth-order valence-corrected chi connectivity index (χ4v) is 5.60. The molecule has 1 atom stereocenters. The average molecular weight is 556 g/mol. The van der Waals surface area contributed by atoms with Crippen LogP contribution in [0.3, 0.4) is 0 Å². The number of ketones is 1. The summed E-state index contributed by atoms with van der Waals surface area (Å²) in [6.45, 7) is 0. The van der Waals surface area contributed by atoms with E-state index in [1.54, 1.807) is 55.6 Å². The SMILES string of the molecule is COc1ccc(/C(O)=C2\C(=O)C(=O)N(c3nc4ccc(Cl)cc4s3)C2c2cccc(Br)c2)cc1. The van der Waals surface area contributed by atoms with E-state index in [9.17, 15) is 14.7 Å². The van der Waals surface area contributed by atoms with Gasteiger partial charge in [0.05, 0.1) is 28.9 Å². The van der Waals surface area contributed by atoms with Crippen molar-refractivity contribution >= 4 is 71.7 Å². The van der Waals surface area contributed by atoms with Crippen LogP contribution in [0.1, 0.15) is 17.2 Å². The minimum atomic E-state index is -0.865. The lowest BCUT2D eigenvalue weighted by atomic mass is 9.95. The number of aliphatic hydroxyl groups is 1. The van der Waals surface area contributed by atoms with Crippen molar-refractivity contribution < 1.29 is 19.4 Å². The standard InChI is InChI=1S/C25H16BrClN2O4S/c1-33-17-8-5-13(6-9-17)22(30)20-21(14-3-2-4-15(26)11-14)29(24(32)23(20)31)25-28-18-10-7-16(27)12-19(18)34-25/h2-12,21,30H,1H3/b22-20+. The number of amides is 1. The topological polar surface area (TPSA) is 79.7 Å². The zero-order chi connectivity index (χ0) is 24.0. The van der Waals surface area contributed by atoms with Crippen molar-refractivity contribution in [3.05, 3.63) is 92.9 Å². The van der Waals surface area contributed by atoms with Gasteiger partial charge in [-0.05, 0) is 60.2 Å². The molecule has 0 bridgehead atoms. The maximum atomic E-state index is 13.3. The number of rotatable bonds is 4. The number of hydrogen-bond donors (Lipinski definition) is 1. The Morgan fingerprint density at radius 3 is 2.59 bits per heavy atom. The van der Waals surface area contributed by atoms with Gasteiger partial charge in [0.1, 0.15) is 11.5 Å². The van der Waals surface area contributed by atoms with Crippen LogP contribution in [-0.4, -0.2) is 28.9 Å². The largest absolute Gasteiger partial charge is 0.507 e. The number of ether oxygens (including phenoxy) is 1. The fourth-order valence-electron chi connectivity index (χ4n) is 3.92. The molecule has 170 valence electrons. The van der Waals surface area contributed by atoms with E-state index in [4.69, 9.17) is 16.3 Å². The Morgan fingerprint density at radius 1 is 1.12 bits per heavy atom. The summed E-state index contributed by atoms with van der Waals surface area (Å²) in [4.78, 5) is 32.5. The number of aliphatic hydroxyl groups excluding tert-OH is 1. The van der Waals surface area contributed by atoms with Gasteiger partial charge in [0.2, 0.25) is 0 Å². The number of nitrogens with zero attached hydrogens (tertiary/aromatic N) is 2. The van der Waals surface area contributed by atoms with Gasteiger partial charge in [0, 0.05) is 15.1 Å². The number of fused-ring (bicyclic) bond motifs is 1. The number of thiazole rings is 1. The molecule has 2 heterocycles. The minimum absolute atomic E-state index is 0.00875. The molecule has 1 N–H and O–H groups in total. The van der Waals surface area contributed by atoms with Gasteiger partial charge in [-0.15, -0.1) is 0 Å². The fraction of sp³-hybridized carbons (Fsp3) is 0.0800. The molecule has 1 aromatic heterocycles. The molecule has 0 radical (unpaired) electrons. The molecule has 0 spiro atoms. The van der Waals surface area contributed by atoms with Gasteiger partial charge in [-0.25, -0.2) is 4.98 Å². The number of anilines is 1. The summed E-state index contributed by atoms with van der Waals surface area (Å²) in [5, 5.41) is 12.1. The van der Waals surface area contributed by atoms with E-state index < -0.39 is 17.7 Å². The zero-order valence-corrected chi connectivity index (χ0v) is 20.8. The van der Waals surface area contributed by atoms with Crippen LogP contribution < -0.4 is 9.64 Å². The van der Waals surface area contributed by atoms with Crippen LogP contribution in [0, 0.1) is 0 Å². The molecule has 1 aliphatic heterocycles. The molecule has 1 amide bonds. The normalized spacial score (nSPS) is 17.5. The Kier molecular flexibility index (Phi) is 5.89. The van der Waals surface area contributed by atoms with E-state index >= 15 is 0 Å². The summed E-state index contributed by atoms with van der Waals surface area (Å²) in [6, 6.07) is 18.3. The number of aromatic nitrogens is 1. The molecule has 34 heavy (non-hydrogen) atoms. The second-order valence-electron chi connectivity index (χ2n) is 7.56. The predicted molar refractivity (Wildman–Crippen MR) is 137 cm³/mol. The first-order valence-electron chi connectivity index (χ1n) is 10.1. The molecule has 4 aromatic rings. The second kappa shape index (κ2) is 8.87. The highest BCUT2D eigenvalue weighted by molar-refractivity contribution is 9.10. The molecular weight excluding hydrogens is 540 g/mol. The lowest BCUT2D eigenvalue weighted by molar-refractivity contribution is -0.132. The summed E-state index contributed by atoms with van der Waals surface area (Å²) in [5.41, 5.74) is 1.70. The number of methoxy groups -OCH3 is 1. The molecule has 1 unspecified atom stereocenters. The van der Waals surface area contributed by atoms with Gasteiger partial charge < -0.3 is 9.84 Å². The summed E-state index contributed by atoms with van der Waals surface area (Å²) in [5.74, 6) is -1.20. The summed E-state index contributed by atoms with van der Waals surface area (Å²) >= 11 is 10.8. The van der Waals surface area contributed by atoms with Crippen LogP contribution in [0.15, 0.2) is 76.8 Å². The number of hydrogen-bond acceptors (Lipinski definition) is 6. The van der Waals surface area contributed by atoms with Gasteiger partial charge in [0.15, 0.2) is 5.13 Å². The van der Waals surface area contributed by atoms with Crippen molar-refractivity contribution in [3.63, 3.8) is 0 Å². The van der Waals surface area contributed by atoms with Crippen molar-refractivity contribution in [3.8, 4) is 5.75 Å². The quantitative estimate of drug-likeness (QED) is 0.180. The van der Waals surface area contributed by atoms with Crippen LogP contribution in [-0.2, 0) is 9.59 Å². The van der Waals surface area contributed by atoms with E-state index in [1.807, 2.05) is 18.2 Å². The van der Waals surface area contributed by atoms with Crippen molar-refractivity contribution in [1.82, 2.24) is 4.98 Å². The third kappa shape index (κ3) is 3.87. The summed E-state index contributed by atoms with van der Waals surface area (Å²) in [7, 11) is 1.54. The first kappa shape index (κ1) is 22.6. The van der Waals surface area contributed by atoms with Crippen LogP contribution in [0.2, 0.25) is 5.02 Å². The van der Waals surface area contributed by atoms with Crippen LogP contribution in [0.5, 0.6) is 5.75 Å². The highest BCUT2D eigenvalue weighted by Crippen LogP contribution is 2.45. The average Bonchev–Trinajstić information content (AvgIpc) is 3.36. The summed E-state index contributed by atoms with van der Waals surface area (Å²) in [6.07, 6.45) is 0. The van der Waals surface area contributed by atoms with Gasteiger partial charge in [-0.1, -0.05) is 51.0 Å². The molecule has 0 saturated carbocycles. The van der Waals surface area contributed by atoms with Crippen LogP contribution in [0.4, 0.5) is 5.13 Å². The Hall–Kier alpha value is -3.20. The van der Waals surface area contributed by atoms with Gasteiger partial charge >= 0.3 is 5.91 Å². The van der Waals surface area contributed by atoms with Gasteiger partial charge in [-0.3, -0.25) is 14.5 Å². The predicted octanol–water partition coefficient (Wildman–Crippen LogP) is 6.35. The van der Waals surface area contributed by atoms with E-state index in [-0.39, 0.29) is 11.3 Å². The number of benzene rings is 3. The number of Topliss-reactive ketones (excluding diaryl/α,β-unsaturated/α-hetero) is 1. The molecule has 5 rings (SSSR count). The third-order valence-electron chi connectivity index (χ3n) is 5.52. The molecule has 3 aromatic carbocycles. The molecule has 9 heteroatoms. The van der Waals surface area contributed by atoms with Crippen molar-refractivity contribution in [2.24, 2.45) is 0 Å². The Balaban J connectivity index is 1.72. The Labute approximate surface area is 212 Å². The first-order chi connectivity index (χ1) is 16.4. The molecule has 1 fully saturated rings. The first-order valence-corrected chi connectivity index (χ1v) is 12.1. The highest BCUT2D eigenvalue weighted by atomic mass is 79.9. The third-order valence-corrected chi connectivity index (χ3v) is 7.26. The van der Waals surface area contributed by atoms with Gasteiger partial charge in [-0.2, -0.15) is 0 Å². The van der Waals surface area contributed by atoms with E-state index in [1.165, 1.54) is 16.2 Å². The Bertz CT molecular complexity index is 1480. The van der Waals surface area contributed by atoms with Crippen molar-refractivity contribution in [2.45, 2.75) is 6.04 Å². The molecular formula is C25H16BrClN2O4S. The number of carbonyl (C=O) groups excluding carboxylic acids is 2. The Morgan fingerprint density at radius 2 is 1.88 bits per heavy atom. The monoisotopic (exact) mass is 554 g/mol. The number of carbonyl (C=O) groups is 2. The molecule has 6 nitrogen and oxygen atoms in total. The highest BCUT2D eigenvalue weighted by Gasteiger charge is 2.48. The lowest BCUT2D eigenvalue weighted by Crippen LogP contribution is -2.29. The lowest BCUT2D eigenvalue weighted by Gasteiger charge is -2.23. The van der Waals surface area contributed by atoms with Crippen molar-refractivity contribution in [2.75, 3.05) is 12.0 Å². The molecule has 0 aliphatic carbocycles. The maximum absolute atomic E-state index is 13.3. The smallest absolute Gasteiger partial charge is 0.301 e. The summed E-state index contributed by atoms with van der Waals surface area (Å²) < 4.78 is 6.74.